The molecule has 1 aliphatic carbocycles. The number of hydrogen-bond acceptors (Lipinski definition) is 3. The van der Waals surface area contributed by atoms with Gasteiger partial charge in [0, 0.05) is 32.0 Å². The van der Waals surface area contributed by atoms with Crippen molar-refractivity contribution < 1.29 is 14.3 Å². The van der Waals surface area contributed by atoms with E-state index in [1.807, 2.05) is 12.1 Å². The standard InChI is InChI=1S/C16H20N2O3/c17-15(20)16(5-7-21-8-6-16)18-14(19)13-9-11-3-1-2-4-12(11)10-13/h1-4,13H,5-10H2,(H2,17,20)(H,18,19). The fraction of sp³-hybridized carbons (Fsp3) is 0.500. The summed E-state index contributed by atoms with van der Waals surface area (Å²) in [4.78, 5) is 24.3. The Bertz CT molecular complexity index is 539. The molecular formula is C16H20N2O3. The highest BCUT2D eigenvalue weighted by atomic mass is 16.5. The summed E-state index contributed by atoms with van der Waals surface area (Å²) in [5.74, 6) is -0.650. The lowest BCUT2D eigenvalue weighted by Gasteiger charge is -2.35. The monoisotopic (exact) mass is 288 g/mol. The first-order chi connectivity index (χ1) is 10.1. The Morgan fingerprint density at radius 2 is 1.71 bits per heavy atom. The molecule has 0 bridgehead atoms. The molecule has 5 nitrogen and oxygen atoms in total. The van der Waals surface area contributed by atoms with Gasteiger partial charge in [0.1, 0.15) is 5.54 Å². The van der Waals surface area contributed by atoms with Crippen LogP contribution in [0.25, 0.3) is 0 Å². The highest BCUT2D eigenvalue weighted by Gasteiger charge is 2.41. The number of nitrogens with two attached hydrogens (primary N) is 1. The maximum atomic E-state index is 12.5. The predicted octanol–water partition coefficient (Wildman–Crippen LogP) is 0.552. The average molecular weight is 288 g/mol. The molecule has 1 fully saturated rings. The molecule has 0 spiro atoms. The second-order valence-corrected chi connectivity index (χ2v) is 5.92. The summed E-state index contributed by atoms with van der Waals surface area (Å²) in [7, 11) is 0. The summed E-state index contributed by atoms with van der Waals surface area (Å²) in [5.41, 5.74) is 7.02. The van der Waals surface area contributed by atoms with Crippen LogP contribution in [0.3, 0.4) is 0 Å². The third kappa shape index (κ3) is 2.65. The molecule has 1 aromatic rings. The van der Waals surface area contributed by atoms with Gasteiger partial charge in [-0.1, -0.05) is 24.3 Å². The van der Waals surface area contributed by atoms with Gasteiger partial charge in [-0.3, -0.25) is 9.59 Å². The van der Waals surface area contributed by atoms with Crippen LogP contribution in [0.4, 0.5) is 0 Å². The minimum atomic E-state index is -0.940. The van der Waals surface area contributed by atoms with Crippen molar-refractivity contribution >= 4 is 11.8 Å². The Hall–Kier alpha value is -1.88. The number of primary amides is 1. The molecule has 0 aromatic heterocycles. The van der Waals surface area contributed by atoms with E-state index in [1.54, 1.807) is 0 Å². The van der Waals surface area contributed by atoms with E-state index in [1.165, 1.54) is 11.1 Å². The lowest BCUT2D eigenvalue weighted by Crippen LogP contribution is -2.61. The van der Waals surface area contributed by atoms with Gasteiger partial charge in [-0.2, -0.15) is 0 Å². The van der Waals surface area contributed by atoms with Gasteiger partial charge in [-0.05, 0) is 24.0 Å². The number of carbonyl (C=O) groups is 2. The van der Waals surface area contributed by atoms with Gasteiger partial charge in [0.25, 0.3) is 0 Å². The van der Waals surface area contributed by atoms with Crippen molar-refractivity contribution in [2.45, 2.75) is 31.2 Å². The number of ether oxygens (including phenoxy) is 1. The molecule has 0 atom stereocenters. The molecule has 3 N–H and O–H groups in total. The van der Waals surface area contributed by atoms with Crippen molar-refractivity contribution in [2.75, 3.05) is 13.2 Å². The van der Waals surface area contributed by atoms with Gasteiger partial charge in [0.2, 0.25) is 11.8 Å². The Morgan fingerprint density at radius 1 is 1.14 bits per heavy atom. The van der Waals surface area contributed by atoms with Crippen LogP contribution < -0.4 is 11.1 Å². The molecule has 2 amide bonds. The van der Waals surface area contributed by atoms with Gasteiger partial charge in [-0.15, -0.1) is 0 Å². The van der Waals surface area contributed by atoms with Gasteiger partial charge >= 0.3 is 0 Å². The maximum Gasteiger partial charge on any atom is 0.243 e. The third-order valence-electron chi connectivity index (χ3n) is 4.60. The molecule has 2 aliphatic rings. The minimum absolute atomic E-state index is 0.0769. The van der Waals surface area contributed by atoms with Crippen molar-refractivity contribution in [1.29, 1.82) is 0 Å². The topological polar surface area (TPSA) is 81.4 Å². The van der Waals surface area contributed by atoms with Crippen molar-refractivity contribution in [1.82, 2.24) is 5.32 Å². The third-order valence-corrected chi connectivity index (χ3v) is 4.60. The van der Waals surface area contributed by atoms with Crippen molar-refractivity contribution in [3.8, 4) is 0 Å². The van der Waals surface area contributed by atoms with Crippen molar-refractivity contribution in [3.63, 3.8) is 0 Å². The summed E-state index contributed by atoms with van der Waals surface area (Å²) in [5, 5.41) is 2.92. The fourth-order valence-electron chi connectivity index (χ4n) is 3.24. The summed E-state index contributed by atoms with van der Waals surface area (Å²) in [6.45, 7) is 0.905. The highest BCUT2D eigenvalue weighted by Crippen LogP contribution is 2.28. The first kappa shape index (κ1) is 14.1. The number of carbonyl (C=O) groups excluding carboxylic acids is 2. The zero-order valence-corrected chi connectivity index (χ0v) is 11.9. The zero-order valence-electron chi connectivity index (χ0n) is 11.9. The molecule has 5 heteroatoms. The van der Waals surface area contributed by atoms with E-state index in [4.69, 9.17) is 10.5 Å². The highest BCUT2D eigenvalue weighted by molar-refractivity contribution is 5.91. The number of hydrogen-bond donors (Lipinski definition) is 2. The van der Waals surface area contributed by atoms with Crippen LogP contribution in [0.2, 0.25) is 0 Å². The molecule has 0 saturated carbocycles. The van der Waals surface area contributed by atoms with Crippen LogP contribution in [0, 0.1) is 5.92 Å². The van der Waals surface area contributed by atoms with Gasteiger partial charge < -0.3 is 15.8 Å². The Morgan fingerprint density at radius 3 is 2.24 bits per heavy atom. The van der Waals surface area contributed by atoms with Gasteiger partial charge in [0.15, 0.2) is 0 Å². The molecule has 3 rings (SSSR count). The number of fused-ring (bicyclic) bond motifs is 1. The molecule has 21 heavy (non-hydrogen) atoms. The lowest BCUT2D eigenvalue weighted by atomic mass is 9.88. The fourth-order valence-corrected chi connectivity index (χ4v) is 3.24. The number of amides is 2. The lowest BCUT2D eigenvalue weighted by molar-refractivity contribution is -0.137. The first-order valence-electron chi connectivity index (χ1n) is 7.37. The minimum Gasteiger partial charge on any atom is -0.381 e. The van der Waals surface area contributed by atoms with Crippen LogP contribution in [0.1, 0.15) is 24.0 Å². The van der Waals surface area contributed by atoms with E-state index < -0.39 is 11.4 Å². The maximum absolute atomic E-state index is 12.5. The van der Waals surface area contributed by atoms with Crippen LogP contribution in [-0.4, -0.2) is 30.6 Å². The molecule has 1 aliphatic heterocycles. The zero-order chi connectivity index (χ0) is 14.9. The number of rotatable bonds is 3. The average Bonchev–Trinajstić information content (AvgIpc) is 2.92. The normalized spacial score (nSPS) is 20.8. The Balaban J connectivity index is 1.70. The van der Waals surface area contributed by atoms with E-state index in [2.05, 4.69) is 17.4 Å². The molecule has 1 heterocycles. The largest absolute Gasteiger partial charge is 0.381 e. The van der Waals surface area contributed by atoms with Crippen LogP contribution >= 0.6 is 0 Å². The van der Waals surface area contributed by atoms with E-state index in [-0.39, 0.29) is 11.8 Å². The summed E-state index contributed by atoms with van der Waals surface area (Å²) < 4.78 is 5.27. The second-order valence-electron chi connectivity index (χ2n) is 5.92. The molecule has 0 radical (unpaired) electrons. The van der Waals surface area contributed by atoms with Crippen LogP contribution in [0.15, 0.2) is 24.3 Å². The van der Waals surface area contributed by atoms with Crippen molar-refractivity contribution in [2.24, 2.45) is 11.7 Å². The van der Waals surface area contributed by atoms with E-state index in [0.29, 0.717) is 26.1 Å². The smallest absolute Gasteiger partial charge is 0.243 e. The van der Waals surface area contributed by atoms with Gasteiger partial charge in [-0.25, -0.2) is 0 Å². The molecule has 1 saturated heterocycles. The van der Waals surface area contributed by atoms with Crippen molar-refractivity contribution in [3.05, 3.63) is 35.4 Å². The van der Waals surface area contributed by atoms with Gasteiger partial charge in [0.05, 0.1) is 0 Å². The van der Waals surface area contributed by atoms with Crippen LogP contribution in [-0.2, 0) is 27.2 Å². The quantitative estimate of drug-likeness (QED) is 0.852. The Labute approximate surface area is 123 Å². The molecular weight excluding hydrogens is 268 g/mol. The molecule has 112 valence electrons. The van der Waals surface area contributed by atoms with E-state index in [9.17, 15) is 9.59 Å². The summed E-state index contributed by atoms with van der Waals surface area (Å²) >= 11 is 0. The first-order valence-corrected chi connectivity index (χ1v) is 7.37. The SMILES string of the molecule is NC(=O)C1(NC(=O)C2Cc3ccccc3C2)CCOCC1. The van der Waals surface area contributed by atoms with Crippen LogP contribution in [0.5, 0.6) is 0 Å². The predicted molar refractivity (Wildman–Crippen MR) is 77.5 cm³/mol. The van der Waals surface area contributed by atoms with E-state index >= 15 is 0 Å². The molecule has 1 aromatic carbocycles. The number of nitrogens with one attached hydrogen (secondary N) is 1. The molecule has 0 unspecified atom stereocenters. The van der Waals surface area contributed by atoms with E-state index in [0.717, 1.165) is 12.8 Å². The second kappa shape index (κ2) is 5.48. The number of benzene rings is 1. The summed E-state index contributed by atoms with van der Waals surface area (Å²) in [6, 6.07) is 8.09. The Kier molecular flexibility index (Phi) is 3.68. The summed E-state index contributed by atoms with van der Waals surface area (Å²) in [6.07, 6.45) is 2.36.